The SMILES string of the molecule is CCN(Cc1ccc(CNCC(C)C)s1)C1CCCC1. The van der Waals surface area contributed by atoms with Gasteiger partial charge in [-0.15, -0.1) is 11.3 Å². The van der Waals surface area contributed by atoms with Gasteiger partial charge in [-0.25, -0.2) is 0 Å². The van der Waals surface area contributed by atoms with Gasteiger partial charge in [0.05, 0.1) is 0 Å². The third-order valence-corrected chi connectivity index (χ3v) is 5.25. The van der Waals surface area contributed by atoms with E-state index in [1.165, 1.54) is 42.0 Å². The zero-order valence-corrected chi connectivity index (χ0v) is 14.1. The van der Waals surface area contributed by atoms with Crippen molar-refractivity contribution in [1.29, 1.82) is 0 Å². The van der Waals surface area contributed by atoms with Gasteiger partial charge in [0.25, 0.3) is 0 Å². The predicted octanol–water partition coefficient (Wildman–Crippen LogP) is 4.26. The molecule has 0 radical (unpaired) electrons. The van der Waals surface area contributed by atoms with E-state index in [1.54, 1.807) is 0 Å². The van der Waals surface area contributed by atoms with E-state index in [0.717, 1.165) is 31.6 Å². The number of hydrogen-bond acceptors (Lipinski definition) is 3. The molecule has 1 aliphatic carbocycles. The van der Waals surface area contributed by atoms with Crippen LogP contribution in [0.1, 0.15) is 56.2 Å². The highest BCUT2D eigenvalue weighted by atomic mass is 32.1. The number of nitrogens with one attached hydrogen (secondary N) is 1. The summed E-state index contributed by atoms with van der Waals surface area (Å²) >= 11 is 1.98. The molecule has 0 saturated heterocycles. The van der Waals surface area contributed by atoms with E-state index in [9.17, 15) is 0 Å². The average molecular weight is 295 g/mol. The molecule has 0 unspecified atom stereocenters. The molecule has 0 bridgehead atoms. The maximum absolute atomic E-state index is 3.53. The second kappa shape index (κ2) is 8.16. The molecule has 0 aromatic carbocycles. The molecule has 3 heteroatoms. The largest absolute Gasteiger partial charge is 0.312 e. The Morgan fingerprint density at radius 3 is 2.60 bits per heavy atom. The first kappa shape index (κ1) is 16.0. The number of hydrogen-bond donors (Lipinski definition) is 1. The zero-order chi connectivity index (χ0) is 14.4. The van der Waals surface area contributed by atoms with E-state index in [-0.39, 0.29) is 0 Å². The fourth-order valence-electron chi connectivity index (χ4n) is 3.06. The Morgan fingerprint density at radius 1 is 1.25 bits per heavy atom. The molecule has 0 aliphatic heterocycles. The number of nitrogens with zero attached hydrogens (tertiary/aromatic N) is 1. The van der Waals surface area contributed by atoms with Gasteiger partial charge in [-0.2, -0.15) is 0 Å². The van der Waals surface area contributed by atoms with Crippen molar-refractivity contribution < 1.29 is 0 Å². The Bertz CT molecular complexity index is 380. The van der Waals surface area contributed by atoms with Crippen LogP contribution in [-0.4, -0.2) is 24.0 Å². The number of thiophene rings is 1. The summed E-state index contributed by atoms with van der Waals surface area (Å²) in [7, 11) is 0. The van der Waals surface area contributed by atoms with Gasteiger partial charge in [-0.3, -0.25) is 4.90 Å². The molecule has 0 atom stereocenters. The topological polar surface area (TPSA) is 15.3 Å². The maximum Gasteiger partial charge on any atom is 0.0330 e. The van der Waals surface area contributed by atoms with Crippen LogP contribution in [0, 0.1) is 5.92 Å². The highest BCUT2D eigenvalue weighted by Gasteiger charge is 2.21. The van der Waals surface area contributed by atoms with Crippen LogP contribution in [0.25, 0.3) is 0 Å². The van der Waals surface area contributed by atoms with E-state index in [0.29, 0.717) is 0 Å². The molecule has 2 nitrogen and oxygen atoms in total. The molecule has 1 aliphatic rings. The predicted molar refractivity (Wildman–Crippen MR) is 89.2 cm³/mol. The Balaban J connectivity index is 1.81. The van der Waals surface area contributed by atoms with Crippen LogP contribution in [0.4, 0.5) is 0 Å². The monoisotopic (exact) mass is 294 g/mol. The Kier molecular flexibility index (Phi) is 6.53. The van der Waals surface area contributed by atoms with Crippen LogP contribution in [0.5, 0.6) is 0 Å². The molecule has 1 aromatic heterocycles. The molecular weight excluding hydrogens is 264 g/mol. The van der Waals surface area contributed by atoms with Gasteiger partial charge in [0.15, 0.2) is 0 Å². The standard InChI is InChI=1S/C17H30N2S/c1-4-19(15-7-5-6-8-15)13-17-10-9-16(20-17)12-18-11-14(2)3/h9-10,14-15,18H,4-8,11-13H2,1-3H3. The van der Waals surface area contributed by atoms with Crippen molar-refractivity contribution in [2.45, 2.75) is 65.6 Å². The molecule has 1 N–H and O–H groups in total. The highest BCUT2D eigenvalue weighted by molar-refractivity contribution is 7.11. The summed E-state index contributed by atoms with van der Waals surface area (Å²) in [5, 5.41) is 3.53. The van der Waals surface area contributed by atoms with Gasteiger partial charge in [0.2, 0.25) is 0 Å². The average Bonchev–Trinajstić information content (AvgIpc) is 3.06. The van der Waals surface area contributed by atoms with Gasteiger partial charge in [0, 0.05) is 28.9 Å². The van der Waals surface area contributed by atoms with Crippen molar-refractivity contribution in [3.8, 4) is 0 Å². The van der Waals surface area contributed by atoms with Crippen molar-refractivity contribution in [2.75, 3.05) is 13.1 Å². The molecule has 0 spiro atoms. The maximum atomic E-state index is 3.53. The fourth-order valence-corrected chi connectivity index (χ4v) is 4.07. The minimum atomic E-state index is 0.729. The first-order valence-corrected chi connectivity index (χ1v) is 9.03. The normalized spacial score (nSPS) is 16.6. The lowest BCUT2D eigenvalue weighted by molar-refractivity contribution is 0.202. The van der Waals surface area contributed by atoms with Crippen molar-refractivity contribution in [1.82, 2.24) is 10.2 Å². The van der Waals surface area contributed by atoms with Crippen LogP contribution in [0.15, 0.2) is 12.1 Å². The van der Waals surface area contributed by atoms with Crippen LogP contribution in [0.2, 0.25) is 0 Å². The summed E-state index contributed by atoms with van der Waals surface area (Å²) in [5.74, 6) is 0.729. The molecule has 20 heavy (non-hydrogen) atoms. The Hall–Kier alpha value is -0.380. The van der Waals surface area contributed by atoms with E-state index in [1.807, 2.05) is 11.3 Å². The molecule has 1 saturated carbocycles. The molecule has 1 fully saturated rings. The van der Waals surface area contributed by atoms with Gasteiger partial charge < -0.3 is 5.32 Å². The summed E-state index contributed by atoms with van der Waals surface area (Å²) in [6.07, 6.45) is 5.66. The van der Waals surface area contributed by atoms with Gasteiger partial charge >= 0.3 is 0 Å². The third kappa shape index (κ3) is 4.87. The minimum absolute atomic E-state index is 0.729. The number of rotatable bonds is 8. The quantitative estimate of drug-likeness (QED) is 0.770. The molecule has 114 valence electrons. The first-order chi connectivity index (χ1) is 9.69. The molecule has 0 amide bonds. The zero-order valence-electron chi connectivity index (χ0n) is 13.3. The Labute approximate surface area is 128 Å². The summed E-state index contributed by atoms with van der Waals surface area (Å²) in [6.45, 7) is 11.3. The second-order valence-electron chi connectivity index (χ2n) is 6.39. The van der Waals surface area contributed by atoms with E-state index in [2.05, 4.69) is 43.1 Å². The lowest BCUT2D eigenvalue weighted by Gasteiger charge is -2.26. The second-order valence-corrected chi connectivity index (χ2v) is 7.65. The molecule has 2 rings (SSSR count). The summed E-state index contributed by atoms with van der Waals surface area (Å²) in [4.78, 5) is 5.67. The molecule has 1 aromatic rings. The van der Waals surface area contributed by atoms with Crippen molar-refractivity contribution in [3.05, 3.63) is 21.9 Å². The lowest BCUT2D eigenvalue weighted by atomic mass is 10.2. The van der Waals surface area contributed by atoms with E-state index in [4.69, 9.17) is 0 Å². The van der Waals surface area contributed by atoms with Crippen molar-refractivity contribution in [3.63, 3.8) is 0 Å². The van der Waals surface area contributed by atoms with E-state index < -0.39 is 0 Å². The van der Waals surface area contributed by atoms with Gasteiger partial charge in [0.1, 0.15) is 0 Å². The van der Waals surface area contributed by atoms with Gasteiger partial charge in [-0.05, 0) is 44.0 Å². The lowest BCUT2D eigenvalue weighted by Crippen LogP contribution is -2.32. The van der Waals surface area contributed by atoms with Gasteiger partial charge in [-0.1, -0.05) is 33.6 Å². The van der Waals surface area contributed by atoms with Crippen LogP contribution >= 0.6 is 11.3 Å². The summed E-state index contributed by atoms with van der Waals surface area (Å²) in [6, 6.07) is 5.47. The van der Waals surface area contributed by atoms with Crippen LogP contribution in [0.3, 0.4) is 0 Å². The highest BCUT2D eigenvalue weighted by Crippen LogP contribution is 2.26. The van der Waals surface area contributed by atoms with Crippen molar-refractivity contribution >= 4 is 11.3 Å². The molecule has 1 heterocycles. The molecular formula is C17H30N2S. The third-order valence-electron chi connectivity index (χ3n) is 4.18. The summed E-state index contributed by atoms with van der Waals surface area (Å²) < 4.78 is 0. The smallest absolute Gasteiger partial charge is 0.0330 e. The first-order valence-electron chi connectivity index (χ1n) is 8.21. The summed E-state index contributed by atoms with van der Waals surface area (Å²) in [5.41, 5.74) is 0. The van der Waals surface area contributed by atoms with Crippen LogP contribution in [-0.2, 0) is 13.1 Å². The van der Waals surface area contributed by atoms with E-state index >= 15 is 0 Å². The van der Waals surface area contributed by atoms with Crippen molar-refractivity contribution in [2.24, 2.45) is 5.92 Å². The Morgan fingerprint density at radius 2 is 1.95 bits per heavy atom. The van der Waals surface area contributed by atoms with Crippen LogP contribution < -0.4 is 5.32 Å². The fraction of sp³-hybridized carbons (Fsp3) is 0.765. The minimum Gasteiger partial charge on any atom is -0.312 e.